The van der Waals surface area contributed by atoms with Crippen LogP contribution in [0.3, 0.4) is 0 Å². The highest BCUT2D eigenvalue weighted by molar-refractivity contribution is 7.95. The van der Waals surface area contributed by atoms with Gasteiger partial charge in [-0.25, -0.2) is 30.4 Å². The molecule has 12 heteroatoms. The lowest BCUT2D eigenvalue weighted by Gasteiger charge is -2.11. The quantitative estimate of drug-likeness (QED) is 0.302. The van der Waals surface area contributed by atoms with Gasteiger partial charge in [-0.2, -0.15) is 0 Å². The van der Waals surface area contributed by atoms with E-state index < -0.39 is 61.1 Å². The minimum absolute atomic E-state index is 0.00862. The van der Waals surface area contributed by atoms with E-state index in [0.29, 0.717) is 0 Å². The monoisotopic (exact) mass is 451 g/mol. The third kappa shape index (κ3) is 4.37. The Morgan fingerprint density at radius 2 is 1.43 bits per heavy atom. The molecule has 162 valence electrons. The highest BCUT2D eigenvalue weighted by Crippen LogP contribution is 2.30. The van der Waals surface area contributed by atoms with Crippen LogP contribution in [-0.2, 0) is 20.4 Å². The van der Waals surface area contributed by atoms with Crippen LogP contribution in [0.4, 0.5) is 22.0 Å². The maximum Gasteiger partial charge on any atom is 0.260 e. The Morgan fingerprint density at radius 1 is 0.933 bits per heavy atom. The maximum atomic E-state index is 13.9. The summed E-state index contributed by atoms with van der Waals surface area (Å²) in [5.41, 5.74) is 3.45. The number of rotatable bonds is 7. The van der Waals surface area contributed by atoms with Gasteiger partial charge in [0.05, 0.1) is 25.5 Å². The van der Waals surface area contributed by atoms with Crippen LogP contribution in [0, 0.1) is 29.1 Å². The molecule has 2 N–H and O–H groups in total. The van der Waals surface area contributed by atoms with Crippen LogP contribution in [0.1, 0.15) is 11.1 Å². The van der Waals surface area contributed by atoms with Crippen molar-refractivity contribution in [1.82, 2.24) is 0 Å². The van der Waals surface area contributed by atoms with E-state index in [-0.39, 0.29) is 23.1 Å². The summed E-state index contributed by atoms with van der Waals surface area (Å²) in [6.07, 6.45) is 0.00862. The van der Waals surface area contributed by atoms with Crippen LogP contribution in [-0.4, -0.2) is 28.5 Å². The number of amides is 1. The van der Waals surface area contributed by atoms with E-state index in [9.17, 15) is 35.2 Å². The fourth-order valence-corrected chi connectivity index (χ4v) is 3.84. The molecule has 0 aliphatic heterocycles. The van der Waals surface area contributed by atoms with E-state index in [1.807, 2.05) is 0 Å². The van der Waals surface area contributed by atoms with Crippen LogP contribution in [0.5, 0.6) is 11.5 Å². The number of carbonyl (C=O) groups is 1. The normalized spacial score (nSPS) is 12.0. The summed E-state index contributed by atoms with van der Waals surface area (Å²) in [4.78, 5) is 10.3. The molecule has 0 aliphatic rings. The van der Waals surface area contributed by atoms with Gasteiger partial charge < -0.3 is 15.2 Å². The summed E-state index contributed by atoms with van der Waals surface area (Å²) < 4.78 is 103. The molecule has 2 aromatic carbocycles. The zero-order valence-electron chi connectivity index (χ0n) is 15.4. The number of nitrogens with two attached hydrogens (primary N) is 1. The molecule has 0 radical (unpaired) electrons. The van der Waals surface area contributed by atoms with Crippen molar-refractivity contribution in [3.8, 4) is 11.5 Å². The minimum Gasteiger partial charge on any atom is -0.493 e. The number of hydrogen-bond donors (Lipinski definition) is 1. The second-order valence-electron chi connectivity index (χ2n) is 5.80. The molecule has 0 aromatic heterocycles. The molecule has 0 unspecified atom stereocenters. The van der Waals surface area contributed by atoms with Crippen LogP contribution in [0.15, 0.2) is 23.1 Å². The Kier molecular flexibility index (Phi) is 6.70. The summed E-state index contributed by atoms with van der Waals surface area (Å²) in [5.74, 6) is -13.8. The third-order valence-electron chi connectivity index (χ3n) is 3.90. The van der Waals surface area contributed by atoms with Gasteiger partial charge in [0.1, 0.15) is 4.91 Å². The maximum absolute atomic E-state index is 13.9. The zero-order chi connectivity index (χ0) is 22.8. The molecule has 1 amide bonds. The topological polar surface area (TPSA) is 95.7 Å². The Morgan fingerprint density at radius 3 is 1.90 bits per heavy atom. The number of benzene rings is 2. The summed E-state index contributed by atoms with van der Waals surface area (Å²) in [6.45, 7) is 0. The van der Waals surface area contributed by atoms with Gasteiger partial charge in [0, 0.05) is 0 Å². The van der Waals surface area contributed by atoms with Crippen molar-refractivity contribution in [3.63, 3.8) is 0 Å². The summed E-state index contributed by atoms with van der Waals surface area (Å²) in [7, 11) is -2.04. The lowest BCUT2D eigenvalue weighted by Crippen LogP contribution is -2.22. The van der Waals surface area contributed by atoms with E-state index in [4.69, 9.17) is 15.2 Å². The summed E-state index contributed by atoms with van der Waals surface area (Å²) >= 11 is 0. The SMILES string of the molecule is COc1ccc(CS(=O)(=O)/C(=C/c2c(F)c(F)c(F)c(F)c2F)C(N)=O)cc1OC. The molecule has 0 heterocycles. The zero-order valence-corrected chi connectivity index (χ0v) is 16.2. The average molecular weight is 451 g/mol. The minimum atomic E-state index is -4.67. The van der Waals surface area contributed by atoms with Gasteiger partial charge in [-0.05, 0) is 23.8 Å². The third-order valence-corrected chi connectivity index (χ3v) is 5.60. The largest absolute Gasteiger partial charge is 0.493 e. The molecule has 0 fully saturated rings. The number of ether oxygens (including phenoxy) is 2. The highest BCUT2D eigenvalue weighted by atomic mass is 32.2. The molecule has 0 spiro atoms. The van der Waals surface area contributed by atoms with E-state index in [1.54, 1.807) is 0 Å². The van der Waals surface area contributed by atoms with Gasteiger partial charge in [-0.3, -0.25) is 4.79 Å². The average Bonchev–Trinajstić information content (AvgIpc) is 2.69. The van der Waals surface area contributed by atoms with Crippen molar-refractivity contribution in [3.05, 3.63) is 63.3 Å². The number of halogens is 5. The number of methoxy groups -OCH3 is 2. The Hall–Kier alpha value is -3.15. The Balaban J connectivity index is 2.60. The molecule has 0 bridgehead atoms. The predicted octanol–water partition coefficient (Wildman–Crippen LogP) is 2.84. The number of primary amides is 1. The Labute approximate surface area is 167 Å². The van der Waals surface area contributed by atoms with E-state index in [2.05, 4.69) is 0 Å². The predicted molar refractivity (Wildman–Crippen MR) is 95.6 cm³/mol. The van der Waals surface area contributed by atoms with Crippen molar-refractivity contribution in [1.29, 1.82) is 0 Å². The van der Waals surface area contributed by atoms with E-state index in [0.717, 1.165) is 0 Å². The van der Waals surface area contributed by atoms with Gasteiger partial charge in [0.15, 0.2) is 44.6 Å². The van der Waals surface area contributed by atoms with Crippen LogP contribution in [0.2, 0.25) is 0 Å². The number of hydrogen-bond acceptors (Lipinski definition) is 5. The molecule has 0 saturated heterocycles. The van der Waals surface area contributed by atoms with Gasteiger partial charge >= 0.3 is 0 Å². The standard InChI is InChI=1S/C18H14F5NO5S/c1-28-10-4-3-8(5-11(10)29-2)7-30(26,27)12(18(24)25)6-9-13(19)15(21)17(23)16(22)14(9)20/h3-6H,7H2,1-2H3,(H2,24,25)/b12-6+. The van der Waals surface area contributed by atoms with Gasteiger partial charge in [-0.15, -0.1) is 0 Å². The molecular weight excluding hydrogens is 437 g/mol. The molecule has 0 saturated carbocycles. The van der Waals surface area contributed by atoms with Crippen LogP contribution in [0.25, 0.3) is 6.08 Å². The molecular formula is C18H14F5NO5S. The summed E-state index contributed by atoms with van der Waals surface area (Å²) in [6, 6.07) is 3.92. The van der Waals surface area contributed by atoms with Gasteiger partial charge in [-0.1, -0.05) is 6.07 Å². The molecule has 0 atom stereocenters. The molecule has 0 aliphatic carbocycles. The molecule has 2 rings (SSSR count). The van der Waals surface area contributed by atoms with E-state index in [1.165, 1.54) is 32.4 Å². The second kappa shape index (κ2) is 8.69. The van der Waals surface area contributed by atoms with Crippen LogP contribution >= 0.6 is 0 Å². The first-order valence-corrected chi connectivity index (χ1v) is 9.56. The first-order valence-electron chi connectivity index (χ1n) is 7.91. The smallest absolute Gasteiger partial charge is 0.260 e. The van der Waals surface area contributed by atoms with Crippen molar-refractivity contribution in [2.24, 2.45) is 5.73 Å². The van der Waals surface area contributed by atoms with E-state index >= 15 is 0 Å². The van der Waals surface area contributed by atoms with Crippen molar-refractivity contribution < 1.29 is 44.6 Å². The lowest BCUT2D eigenvalue weighted by atomic mass is 10.1. The number of sulfone groups is 1. The summed E-state index contributed by atoms with van der Waals surface area (Å²) in [5, 5.41) is 0. The highest BCUT2D eigenvalue weighted by Gasteiger charge is 2.29. The van der Waals surface area contributed by atoms with Crippen molar-refractivity contribution >= 4 is 21.8 Å². The Bertz CT molecular complexity index is 1120. The second-order valence-corrected chi connectivity index (χ2v) is 7.76. The first kappa shape index (κ1) is 23.1. The van der Waals surface area contributed by atoms with Crippen LogP contribution < -0.4 is 15.2 Å². The van der Waals surface area contributed by atoms with Crippen molar-refractivity contribution in [2.75, 3.05) is 14.2 Å². The van der Waals surface area contributed by atoms with Gasteiger partial charge in [0.25, 0.3) is 5.91 Å². The molecule has 6 nitrogen and oxygen atoms in total. The number of carbonyl (C=O) groups excluding carboxylic acids is 1. The van der Waals surface area contributed by atoms with Gasteiger partial charge in [0.2, 0.25) is 5.82 Å². The first-order chi connectivity index (χ1) is 13.9. The molecule has 2 aromatic rings. The fourth-order valence-electron chi connectivity index (χ4n) is 2.46. The molecule has 30 heavy (non-hydrogen) atoms. The lowest BCUT2D eigenvalue weighted by molar-refractivity contribution is -0.113. The van der Waals surface area contributed by atoms with Crippen molar-refractivity contribution in [2.45, 2.75) is 5.75 Å². The fraction of sp³-hybridized carbons (Fsp3) is 0.167.